The summed E-state index contributed by atoms with van der Waals surface area (Å²) in [4.78, 5) is 2.36. The summed E-state index contributed by atoms with van der Waals surface area (Å²) >= 11 is 1.77. The topological polar surface area (TPSA) is 41.1 Å². The van der Waals surface area contributed by atoms with E-state index in [0.717, 1.165) is 24.8 Å². The van der Waals surface area contributed by atoms with Crippen molar-refractivity contribution < 1.29 is 0 Å². The van der Waals surface area contributed by atoms with E-state index in [0.29, 0.717) is 6.04 Å². The van der Waals surface area contributed by atoms with Crippen LogP contribution in [0.1, 0.15) is 36.7 Å². The molecule has 3 rings (SSSR count). The van der Waals surface area contributed by atoms with Gasteiger partial charge in [0.25, 0.3) is 0 Å². The molecule has 4 nitrogen and oxygen atoms in total. The van der Waals surface area contributed by atoms with Crippen molar-refractivity contribution in [3.8, 4) is 0 Å². The monoisotopic (exact) mass is 224 g/mol. The first-order valence-electron chi connectivity index (χ1n) is 5.75. The fourth-order valence-electron chi connectivity index (χ4n) is 2.30. The lowest BCUT2D eigenvalue weighted by molar-refractivity contribution is 0.635. The second-order valence-corrected chi connectivity index (χ2v) is 5.25. The van der Waals surface area contributed by atoms with Gasteiger partial charge in [0.05, 0.1) is 6.04 Å². The fourth-order valence-corrected chi connectivity index (χ4v) is 3.30. The molecule has 0 spiro atoms. The molecule has 1 aromatic rings. The van der Waals surface area contributed by atoms with Gasteiger partial charge in [0.15, 0.2) is 0 Å². The zero-order valence-electron chi connectivity index (χ0n) is 8.78. The maximum absolute atomic E-state index is 4.31. The maximum Gasteiger partial charge on any atom is 0.208 e. The normalized spacial score (nSPS) is 26.4. The molecule has 1 N–H and O–H groups in total. The molecule has 2 saturated heterocycles. The number of hydrogen-bond donors (Lipinski definition) is 1. The molecule has 0 saturated carbocycles. The van der Waals surface area contributed by atoms with Crippen LogP contribution in [0.15, 0.2) is 0 Å². The standard InChI is InChI=1S/C10H16N4S/c1-2-7-14(6-1)10-13-12-9(15-10)8-4-3-5-11-8/h8,11H,1-7H2. The minimum Gasteiger partial charge on any atom is -0.347 e. The fraction of sp³-hybridized carbons (Fsp3) is 0.800. The summed E-state index contributed by atoms with van der Waals surface area (Å²) in [5.74, 6) is 0. The summed E-state index contributed by atoms with van der Waals surface area (Å²) < 4.78 is 0. The summed E-state index contributed by atoms with van der Waals surface area (Å²) in [6.45, 7) is 3.45. The highest BCUT2D eigenvalue weighted by Gasteiger charge is 2.22. The van der Waals surface area contributed by atoms with Crippen molar-refractivity contribution in [1.29, 1.82) is 0 Å². The Bertz CT molecular complexity index is 295. The van der Waals surface area contributed by atoms with Crippen LogP contribution in [0, 0.1) is 0 Å². The van der Waals surface area contributed by atoms with Gasteiger partial charge < -0.3 is 10.2 Å². The second kappa shape index (κ2) is 4.06. The van der Waals surface area contributed by atoms with Gasteiger partial charge in [-0.15, -0.1) is 10.2 Å². The predicted octanol–water partition coefficient (Wildman–Crippen LogP) is 1.56. The van der Waals surface area contributed by atoms with E-state index < -0.39 is 0 Å². The van der Waals surface area contributed by atoms with Gasteiger partial charge in [0.2, 0.25) is 5.13 Å². The Morgan fingerprint density at radius 2 is 2.07 bits per heavy atom. The van der Waals surface area contributed by atoms with Crippen LogP contribution in [0.3, 0.4) is 0 Å². The van der Waals surface area contributed by atoms with Crippen LogP contribution in [-0.2, 0) is 0 Å². The number of nitrogens with one attached hydrogen (secondary N) is 1. The largest absolute Gasteiger partial charge is 0.347 e. The Kier molecular flexibility index (Phi) is 2.58. The van der Waals surface area contributed by atoms with Crippen molar-refractivity contribution in [2.45, 2.75) is 31.7 Å². The lowest BCUT2D eigenvalue weighted by Crippen LogP contribution is -2.17. The summed E-state index contributed by atoms with van der Waals surface area (Å²) in [5, 5.41) is 14.4. The Balaban J connectivity index is 1.74. The Morgan fingerprint density at radius 1 is 1.20 bits per heavy atom. The lowest BCUT2D eigenvalue weighted by Gasteiger charge is -2.11. The molecular weight excluding hydrogens is 208 g/mol. The molecule has 0 amide bonds. The van der Waals surface area contributed by atoms with Crippen molar-refractivity contribution in [3.05, 3.63) is 5.01 Å². The molecule has 1 unspecified atom stereocenters. The molecule has 2 aliphatic heterocycles. The van der Waals surface area contributed by atoms with Crippen LogP contribution in [0.25, 0.3) is 0 Å². The Hall–Kier alpha value is -0.680. The van der Waals surface area contributed by atoms with Gasteiger partial charge in [-0.1, -0.05) is 11.3 Å². The molecule has 5 heteroatoms. The highest BCUT2D eigenvalue weighted by atomic mass is 32.1. The average molecular weight is 224 g/mol. The van der Waals surface area contributed by atoms with E-state index >= 15 is 0 Å². The zero-order chi connectivity index (χ0) is 10.1. The first-order chi connectivity index (χ1) is 7.43. The molecule has 0 radical (unpaired) electrons. The van der Waals surface area contributed by atoms with Gasteiger partial charge >= 0.3 is 0 Å². The number of hydrogen-bond acceptors (Lipinski definition) is 5. The van der Waals surface area contributed by atoms with E-state index in [1.165, 1.54) is 30.7 Å². The number of rotatable bonds is 2. The molecule has 15 heavy (non-hydrogen) atoms. The molecule has 82 valence electrons. The van der Waals surface area contributed by atoms with E-state index in [4.69, 9.17) is 0 Å². The van der Waals surface area contributed by atoms with Crippen molar-refractivity contribution in [3.63, 3.8) is 0 Å². The lowest BCUT2D eigenvalue weighted by atomic mass is 10.2. The van der Waals surface area contributed by atoms with Crippen molar-refractivity contribution in [1.82, 2.24) is 15.5 Å². The quantitative estimate of drug-likeness (QED) is 0.828. The SMILES string of the molecule is C1CNC(c2nnc(N3CCCC3)s2)C1. The summed E-state index contributed by atoms with van der Waals surface area (Å²) in [7, 11) is 0. The molecule has 0 aliphatic carbocycles. The van der Waals surface area contributed by atoms with Gasteiger partial charge in [-0.2, -0.15) is 0 Å². The smallest absolute Gasteiger partial charge is 0.208 e. The van der Waals surface area contributed by atoms with Gasteiger partial charge in [0.1, 0.15) is 5.01 Å². The molecule has 2 fully saturated rings. The van der Waals surface area contributed by atoms with Crippen molar-refractivity contribution in [2.75, 3.05) is 24.5 Å². The highest BCUT2D eigenvalue weighted by Crippen LogP contribution is 2.30. The first-order valence-corrected chi connectivity index (χ1v) is 6.57. The van der Waals surface area contributed by atoms with E-state index in [1.807, 2.05) is 0 Å². The number of aromatic nitrogens is 2. The van der Waals surface area contributed by atoms with E-state index in [-0.39, 0.29) is 0 Å². The number of anilines is 1. The Morgan fingerprint density at radius 3 is 2.80 bits per heavy atom. The van der Waals surface area contributed by atoms with E-state index in [1.54, 1.807) is 11.3 Å². The minimum absolute atomic E-state index is 0.471. The van der Waals surface area contributed by atoms with Gasteiger partial charge in [-0.05, 0) is 32.2 Å². The van der Waals surface area contributed by atoms with Crippen LogP contribution in [-0.4, -0.2) is 29.8 Å². The minimum atomic E-state index is 0.471. The maximum atomic E-state index is 4.31. The summed E-state index contributed by atoms with van der Waals surface area (Å²) in [6, 6.07) is 0.471. The first kappa shape index (κ1) is 9.54. The van der Waals surface area contributed by atoms with Crippen molar-refractivity contribution in [2.24, 2.45) is 0 Å². The molecule has 0 bridgehead atoms. The van der Waals surface area contributed by atoms with E-state index in [9.17, 15) is 0 Å². The summed E-state index contributed by atoms with van der Waals surface area (Å²) in [5.41, 5.74) is 0. The van der Waals surface area contributed by atoms with Gasteiger partial charge in [0, 0.05) is 13.1 Å². The van der Waals surface area contributed by atoms with Crippen LogP contribution in [0.4, 0.5) is 5.13 Å². The molecular formula is C10H16N4S. The molecule has 1 atom stereocenters. The zero-order valence-corrected chi connectivity index (χ0v) is 9.59. The van der Waals surface area contributed by atoms with Gasteiger partial charge in [-0.3, -0.25) is 0 Å². The van der Waals surface area contributed by atoms with Crippen LogP contribution < -0.4 is 10.2 Å². The summed E-state index contributed by atoms with van der Waals surface area (Å²) in [6.07, 6.45) is 5.09. The second-order valence-electron chi connectivity index (χ2n) is 4.27. The molecule has 0 aromatic carbocycles. The van der Waals surface area contributed by atoms with Crippen LogP contribution >= 0.6 is 11.3 Å². The number of nitrogens with zero attached hydrogens (tertiary/aromatic N) is 3. The van der Waals surface area contributed by atoms with Gasteiger partial charge in [-0.25, -0.2) is 0 Å². The van der Waals surface area contributed by atoms with Crippen LogP contribution in [0.2, 0.25) is 0 Å². The van der Waals surface area contributed by atoms with Crippen LogP contribution in [0.5, 0.6) is 0 Å². The average Bonchev–Trinajstić information content (AvgIpc) is 3.02. The molecule has 2 aliphatic rings. The molecule has 3 heterocycles. The molecule has 1 aromatic heterocycles. The van der Waals surface area contributed by atoms with E-state index in [2.05, 4.69) is 20.4 Å². The predicted molar refractivity (Wildman–Crippen MR) is 61.3 cm³/mol. The third-order valence-electron chi connectivity index (χ3n) is 3.16. The van der Waals surface area contributed by atoms with Crippen molar-refractivity contribution >= 4 is 16.5 Å². The highest BCUT2D eigenvalue weighted by molar-refractivity contribution is 7.15. The third kappa shape index (κ3) is 1.86. The Labute approximate surface area is 93.7 Å². The third-order valence-corrected chi connectivity index (χ3v) is 4.26.